The Morgan fingerprint density at radius 2 is 2.26 bits per heavy atom. The number of fused-ring (bicyclic) bond motifs is 3. The SMILES string of the molecule is CCCCCn1c(SC(C)C(=O)Nc2sccc2C#N)nc2sc3c(c2c1=O)CCC3. The molecule has 31 heavy (non-hydrogen) atoms. The molecule has 4 rings (SSSR count). The van der Waals surface area contributed by atoms with Gasteiger partial charge in [0.1, 0.15) is 15.9 Å². The lowest BCUT2D eigenvalue weighted by atomic mass is 10.2. The van der Waals surface area contributed by atoms with E-state index in [9.17, 15) is 9.59 Å². The van der Waals surface area contributed by atoms with Gasteiger partial charge in [0.15, 0.2) is 5.16 Å². The van der Waals surface area contributed by atoms with Crippen LogP contribution in [-0.2, 0) is 24.2 Å². The number of unbranched alkanes of at least 4 members (excludes halogenated alkanes) is 2. The van der Waals surface area contributed by atoms with Gasteiger partial charge in [0.05, 0.1) is 16.2 Å². The highest BCUT2D eigenvalue weighted by atomic mass is 32.2. The minimum Gasteiger partial charge on any atom is -0.316 e. The first-order chi connectivity index (χ1) is 15.0. The van der Waals surface area contributed by atoms with Crippen molar-refractivity contribution in [2.45, 2.75) is 69.3 Å². The van der Waals surface area contributed by atoms with Gasteiger partial charge in [0.2, 0.25) is 5.91 Å². The maximum absolute atomic E-state index is 13.4. The maximum Gasteiger partial charge on any atom is 0.263 e. The largest absolute Gasteiger partial charge is 0.316 e. The van der Waals surface area contributed by atoms with E-state index in [1.807, 2.05) is 0 Å². The molecule has 0 aromatic carbocycles. The summed E-state index contributed by atoms with van der Waals surface area (Å²) in [7, 11) is 0. The number of carbonyl (C=O) groups excluding carboxylic acids is 1. The summed E-state index contributed by atoms with van der Waals surface area (Å²) in [5.74, 6) is -0.202. The molecule has 1 unspecified atom stereocenters. The molecule has 0 radical (unpaired) electrons. The van der Waals surface area contributed by atoms with Gasteiger partial charge < -0.3 is 5.32 Å². The van der Waals surface area contributed by atoms with Crippen LogP contribution in [0, 0.1) is 11.3 Å². The summed E-state index contributed by atoms with van der Waals surface area (Å²) in [6.07, 6.45) is 6.10. The molecule has 0 bridgehead atoms. The molecular formula is C22H24N4O2S3. The zero-order chi connectivity index (χ0) is 22.0. The first-order valence-corrected chi connectivity index (χ1v) is 13.1. The van der Waals surface area contributed by atoms with E-state index in [1.54, 1.807) is 34.3 Å². The Hall–Kier alpha value is -2.15. The van der Waals surface area contributed by atoms with Gasteiger partial charge in [-0.2, -0.15) is 5.26 Å². The number of thiophene rings is 2. The second-order valence-electron chi connectivity index (χ2n) is 7.62. The summed E-state index contributed by atoms with van der Waals surface area (Å²) < 4.78 is 1.77. The molecule has 3 aromatic rings. The van der Waals surface area contributed by atoms with Crippen molar-refractivity contribution < 1.29 is 4.79 Å². The Balaban J connectivity index is 1.63. The van der Waals surface area contributed by atoms with Gasteiger partial charge in [-0.25, -0.2) is 4.98 Å². The number of nitrogens with one attached hydrogen (secondary N) is 1. The molecule has 1 aliphatic carbocycles. The standard InChI is InChI=1S/C22H24N4O2S3/c1-3-4-5-10-26-21(28)17-15-7-6-8-16(15)31-20(17)25-22(26)30-13(2)18(27)24-19-14(12-23)9-11-29-19/h9,11,13H,3-8,10H2,1-2H3,(H,24,27). The van der Waals surface area contributed by atoms with Crippen LogP contribution in [0.3, 0.4) is 0 Å². The Morgan fingerprint density at radius 3 is 3.03 bits per heavy atom. The lowest BCUT2D eigenvalue weighted by Gasteiger charge is -2.15. The number of hydrogen-bond donors (Lipinski definition) is 1. The van der Waals surface area contributed by atoms with E-state index >= 15 is 0 Å². The fourth-order valence-electron chi connectivity index (χ4n) is 3.78. The van der Waals surface area contributed by atoms with Crippen LogP contribution >= 0.6 is 34.4 Å². The van der Waals surface area contributed by atoms with Gasteiger partial charge in [0, 0.05) is 11.4 Å². The summed E-state index contributed by atoms with van der Waals surface area (Å²) >= 11 is 4.26. The van der Waals surface area contributed by atoms with Crippen LogP contribution < -0.4 is 10.9 Å². The summed E-state index contributed by atoms with van der Waals surface area (Å²) in [6.45, 7) is 4.55. The number of carbonyl (C=O) groups is 1. The molecule has 0 saturated heterocycles. The average Bonchev–Trinajstić information content (AvgIpc) is 3.45. The highest BCUT2D eigenvalue weighted by molar-refractivity contribution is 8.00. The van der Waals surface area contributed by atoms with Gasteiger partial charge >= 0.3 is 0 Å². The molecule has 1 aliphatic rings. The molecule has 1 atom stereocenters. The normalized spacial score (nSPS) is 13.8. The minimum absolute atomic E-state index is 0.0284. The van der Waals surface area contributed by atoms with Crippen LogP contribution in [0.25, 0.3) is 10.2 Å². The zero-order valence-electron chi connectivity index (χ0n) is 17.6. The van der Waals surface area contributed by atoms with Crippen molar-refractivity contribution in [2.24, 2.45) is 0 Å². The monoisotopic (exact) mass is 472 g/mol. The third-order valence-electron chi connectivity index (χ3n) is 5.45. The molecule has 162 valence electrons. The number of thioether (sulfide) groups is 1. The summed E-state index contributed by atoms with van der Waals surface area (Å²) in [4.78, 5) is 33.1. The van der Waals surface area contributed by atoms with Crippen LogP contribution in [0.1, 0.15) is 55.5 Å². The van der Waals surface area contributed by atoms with E-state index in [0.29, 0.717) is 22.3 Å². The first-order valence-electron chi connectivity index (χ1n) is 10.5. The quantitative estimate of drug-likeness (QED) is 0.277. The molecule has 3 heterocycles. The fraction of sp³-hybridized carbons (Fsp3) is 0.455. The molecule has 0 spiro atoms. The summed E-state index contributed by atoms with van der Waals surface area (Å²) in [5.41, 5.74) is 1.67. The van der Waals surface area contributed by atoms with Crippen LogP contribution in [0.4, 0.5) is 5.00 Å². The van der Waals surface area contributed by atoms with Gasteiger partial charge in [-0.15, -0.1) is 22.7 Å². The molecule has 1 amide bonds. The third-order valence-corrected chi connectivity index (χ3v) is 8.55. The predicted molar refractivity (Wildman–Crippen MR) is 128 cm³/mol. The molecule has 0 saturated carbocycles. The van der Waals surface area contributed by atoms with Crippen LogP contribution in [-0.4, -0.2) is 20.7 Å². The van der Waals surface area contributed by atoms with Crippen molar-refractivity contribution in [3.8, 4) is 6.07 Å². The van der Waals surface area contributed by atoms with Crippen molar-refractivity contribution in [2.75, 3.05) is 5.32 Å². The number of rotatable bonds is 8. The van der Waals surface area contributed by atoms with Gasteiger partial charge in [-0.3, -0.25) is 14.2 Å². The van der Waals surface area contributed by atoms with Crippen molar-refractivity contribution in [3.63, 3.8) is 0 Å². The first kappa shape index (κ1) is 22.1. The lowest BCUT2D eigenvalue weighted by Crippen LogP contribution is -2.27. The molecule has 6 nitrogen and oxygen atoms in total. The number of anilines is 1. The molecule has 0 fully saturated rings. The number of amides is 1. The summed E-state index contributed by atoms with van der Waals surface area (Å²) in [6, 6.07) is 3.78. The van der Waals surface area contributed by atoms with E-state index in [0.717, 1.165) is 48.7 Å². The predicted octanol–water partition coefficient (Wildman–Crippen LogP) is 5.19. The van der Waals surface area contributed by atoms with Crippen molar-refractivity contribution >= 4 is 55.6 Å². The van der Waals surface area contributed by atoms with Gasteiger partial charge in [-0.05, 0) is 49.6 Å². The zero-order valence-corrected chi connectivity index (χ0v) is 20.0. The lowest BCUT2D eigenvalue weighted by molar-refractivity contribution is -0.115. The van der Waals surface area contributed by atoms with Gasteiger partial charge in [0.25, 0.3) is 5.56 Å². The molecule has 1 N–H and O–H groups in total. The van der Waals surface area contributed by atoms with E-state index in [4.69, 9.17) is 10.2 Å². The summed E-state index contributed by atoms with van der Waals surface area (Å²) in [5, 5.41) is 15.3. The number of aryl methyl sites for hydroxylation is 2. The topological polar surface area (TPSA) is 87.8 Å². The highest BCUT2D eigenvalue weighted by Gasteiger charge is 2.25. The van der Waals surface area contributed by atoms with Crippen LogP contribution in [0.15, 0.2) is 21.4 Å². The minimum atomic E-state index is -0.456. The second kappa shape index (κ2) is 9.55. The molecule has 0 aliphatic heterocycles. The van der Waals surface area contributed by atoms with E-state index in [1.165, 1.54) is 33.5 Å². The van der Waals surface area contributed by atoms with Crippen LogP contribution in [0.5, 0.6) is 0 Å². The van der Waals surface area contributed by atoms with E-state index < -0.39 is 5.25 Å². The Bertz CT molecular complexity index is 1220. The average molecular weight is 473 g/mol. The van der Waals surface area contributed by atoms with Crippen molar-refractivity contribution in [1.29, 1.82) is 5.26 Å². The second-order valence-corrected chi connectivity index (χ2v) is 10.9. The van der Waals surface area contributed by atoms with E-state index in [-0.39, 0.29) is 11.5 Å². The van der Waals surface area contributed by atoms with Crippen LogP contribution in [0.2, 0.25) is 0 Å². The Kier molecular flexibility index (Phi) is 6.80. The van der Waals surface area contributed by atoms with Crippen molar-refractivity contribution in [3.05, 3.63) is 37.8 Å². The fourth-order valence-corrected chi connectivity index (χ4v) is 6.76. The number of hydrogen-bond acceptors (Lipinski definition) is 7. The molecule has 3 aromatic heterocycles. The smallest absolute Gasteiger partial charge is 0.263 e. The highest BCUT2D eigenvalue weighted by Crippen LogP contribution is 2.36. The van der Waals surface area contributed by atoms with E-state index in [2.05, 4.69) is 18.3 Å². The molecule has 9 heteroatoms. The number of nitrogens with zero attached hydrogens (tertiary/aromatic N) is 3. The Morgan fingerprint density at radius 1 is 1.42 bits per heavy atom. The Labute approximate surface area is 193 Å². The number of nitriles is 1. The van der Waals surface area contributed by atoms with Crippen molar-refractivity contribution in [1.82, 2.24) is 9.55 Å². The third kappa shape index (κ3) is 4.43. The maximum atomic E-state index is 13.4. The van der Waals surface area contributed by atoms with Gasteiger partial charge in [-0.1, -0.05) is 31.5 Å². The number of aromatic nitrogens is 2. The molecular weight excluding hydrogens is 448 g/mol.